The van der Waals surface area contributed by atoms with Crippen LogP contribution in [0.4, 0.5) is 4.39 Å². The summed E-state index contributed by atoms with van der Waals surface area (Å²) in [5.41, 5.74) is 1.14. The number of halogens is 1. The van der Waals surface area contributed by atoms with Crippen LogP contribution >= 0.6 is 11.3 Å². The van der Waals surface area contributed by atoms with Gasteiger partial charge in [0.2, 0.25) is 0 Å². The second-order valence-electron chi connectivity index (χ2n) is 6.08. The Hall–Kier alpha value is -1.27. The first kappa shape index (κ1) is 16.6. The van der Waals surface area contributed by atoms with E-state index in [2.05, 4.69) is 27.3 Å². The van der Waals surface area contributed by atoms with Gasteiger partial charge in [-0.05, 0) is 35.6 Å². The van der Waals surface area contributed by atoms with Crippen molar-refractivity contribution in [2.45, 2.75) is 25.6 Å². The molecular formula is C18H23FN2OS. The van der Waals surface area contributed by atoms with E-state index < -0.39 is 0 Å². The number of thiophene rings is 1. The fraction of sp³-hybridized carbons (Fsp3) is 0.444. The molecule has 1 aliphatic rings. The highest BCUT2D eigenvalue weighted by Crippen LogP contribution is 2.20. The minimum absolute atomic E-state index is 0.187. The van der Waals surface area contributed by atoms with Crippen molar-refractivity contribution in [3.63, 3.8) is 0 Å². The summed E-state index contributed by atoms with van der Waals surface area (Å²) in [7, 11) is 0. The van der Waals surface area contributed by atoms with Crippen LogP contribution in [-0.2, 0) is 13.1 Å². The Balaban J connectivity index is 1.60. The summed E-state index contributed by atoms with van der Waals surface area (Å²) in [5, 5.41) is 11.5. The molecule has 1 aliphatic heterocycles. The van der Waals surface area contributed by atoms with Crippen LogP contribution in [0.2, 0.25) is 0 Å². The Bertz CT molecular complexity index is 588. The molecule has 1 fully saturated rings. The maximum Gasteiger partial charge on any atom is 0.123 e. The molecule has 0 amide bonds. The highest BCUT2D eigenvalue weighted by Gasteiger charge is 2.26. The average Bonchev–Trinajstić information content (AvgIpc) is 3.05. The zero-order chi connectivity index (χ0) is 16.1. The van der Waals surface area contributed by atoms with Crippen molar-refractivity contribution >= 4 is 11.3 Å². The van der Waals surface area contributed by atoms with E-state index in [1.54, 1.807) is 11.3 Å². The van der Waals surface area contributed by atoms with E-state index in [4.69, 9.17) is 0 Å². The molecule has 3 rings (SSSR count). The molecule has 2 heterocycles. The van der Waals surface area contributed by atoms with Gasteiger partial charge < -0.3 is 5.11 Å². The number of piperazine rings is 1. The van der Waals surface area contributed by atoms with Gasteiger partial charge in [-0.25, -0.2) is 4.39 Å². The van der Waals surface area contributed by atoms with Crippen molar-refractivity contribution in [2.24, 2.45) is 0 Å². The molecule has 0 aliphatic carbocycles. The molecule has 23 heavy (non-hydrogen) atoms. The van der Waals surface area contributed by atoms with Gasteiger partial charge in [0, 0.05) is 50.2 Å². The lowest BCUT2D eigenvalue weighted by Crippen LogP contribution is -2.52. The maximum atomic E-state index is 13.0. The molecule has 0 saturated carbocycles. The minimum atomic E-state index is -0.187. The van der Waals surface area contributed by atoms with Crippen molar-refractivity contribution in [3.8, 4) is 0 Å². The van der Waals surface area contributed by atoms with Crippen molar-refractivity contribution < 1.29 is 9.50 Å². The second kappa shape index (κ2) is 8.02. The molecule has 1 unspecified atom stereocenters. The molecule has 1 aromatic heterocycles. The van der Waals surface area contributed by atoms with Gasteiger partial charge in [0.25, 0.3) is 0 Å². The van der Waals surface area contributed by atoms with Crippen LogP contribution in [0.25, 0.3) is 0 Å². The molecule has 0 radical (unpaired) electrons. The predicted octanol–water partition coefficient (Wildman–Crippen LogP) is 2.96. The molecule has 1 saturated heterocycles. The molecule has 1 atom stereocenters. The third-order valence-electron chi connectivity index (χ3n) is 4.41. The number of hydrogen-bond acceptors (Lipinski definition) is 4. The number of nitrogens with zero attached hydrogens (tertiary/aromatic N) is 2. The Morgan fingerprint density at radius 3 is 2.65 bits per heavy atom. The predicted molar refractivity (Wildman–Crippen MR) is 91.9 cm³/mol. The molecule has 1 aromatic carbocycles. The van der Waals surface area contributed by atoms with E-state index in [1.165, 1.54) is 17.0 Å². The highest BCUT2D eigenvalue weighted by atomic mass is 32.1. The minimum Gasteiger partial charge on any atom is -0.396 e. The van der Waals surface area contributed by atoms with E-state index in [0.717, 1.165) is 44.7 Å². The highest BCUT2D eigenvalue weighted by molar-refractivity contribution is 7.09. The molecule has 124 valence electrons. The first-order valence-electron chi connectivity index (χ1n) is 8.08. The fourth-order valence-corrected chi connectivity index (χ4v) is 3.91. The summed E-state index contributed by atoms with van der Waals surface area (Å²) >= 11 is 1.79. The van der Waals surface area contributed by atoms with E-state index in [-0.39, 0.29) is 12.4 Å². The number of aliphatic hydroxyl groups is 1. The van der Waals surface area contributed by atoms with Crippen LogP contribution in [0.1, 0.15) is 16.9 Å². The lowest BCUT2D eigenvalue weighted by Gasteiger charge is -2.41. The van der Waals surface area contributed by atoms with Gasteiger partial charge in [-0.2, -0.15) is 0 Å². The Kier molecular flexibility index (Phi) is 5.78. The third kappa shape index (κ3) is 4.61. The lowest BCUT2D eigenvalue weighted by atomic mass is 10.1. The van der Waals surface area contributed by atoms with Crippen LogP contribution in [-0.4, -0.2) is 47.2 Å². The first-order chi connectivity index (χ1) is 11.2. The molecule has 0 bridgehead atoms. The smallest absolute Gasteiger partial charge is 0.123 e. The van der Waals surface area contributed by atoms with Gasteiger partial charge in [0.1, 0.15) is 5.82 Å². The van der Waals surface area contributed by atoms with Crippen LogP contribution in [0.5, 0.6) is 0 Å². The van der Waals surface area contributed by atoms with Gasteiger partial charge in [0.05, 0.1) is 0 Å². The molecule has 0 spiro atoms. The monoisotopic (exact) mass is 334 g/mol. The van der Waals surface area contributed by atoms with Gasteiger partial charge in [-0.15, -0.1) is 11.3 Å². The topological polar surface area (TPSA) is 26.7 Å². The number of aliphatic hydroxyl groups excluding tert-OH is 1. The number of rotatable bonds is 6. The molecule has 2 aromatic rings. The van der Waals surface area contributed by atoms with Crippen molar-refractivity contribution in [1.82, 2.24) is 9.80 Å². The maximum absolute atomic E-state index is 13.0. The Labute approximate surface area is 141 Å². The van der Waals surface area contributed by atoms with Gasteiger partial charge in [-0.1, -0.05) is 18.2 Å². The van der Waals surface area contributed by atoms with E-state index in [0.29, 0.717) is 6.04 Å². The first-order valence-corrected chi connectivity index (χ1v) is 8.96. The van der Waals surface area contributed by atoms with Crippen LogP contribution in [0, 0.1) is 5.82 Å². The summed E-state index contributed by atoms with van der Waals surface area (Å²) in [6, 6.07) is 11.4. The quantitative estimate of drug-likeness (QED) is 0.880. The van der Waals surface area contributed by atoms with Crippen molar-refractivity contribution in [1.29, 1.82) is 0 Å². The van der Waals surface area contributed by atoms with Crippen LogP contribution in [0.3, 0.4) is 0 Å². The summed E-state index contributed by atoms with van der Waals surface area (Å²) in [6.07, 6.45) is 0.797. The zero-order valence-corrected chi connectivity index (χ0v) is 14.0. The van der Waals surface area contributed by atoms with Crippen LogP contribution in [0.15, 0.2) is 41.8 Å². The summed E-state index contributed by atoms with van der Waals surface area (Å²) in [6.45, 7) is 4.98. The van der Waals surface area contributed by atoms with Crippen LogP contribution < -0.4 is 0 Å². The van der Waals surface area contributed by atoms with Gasteiger partial charge in [-0.3, -0.25) is 9.80 Å². The van der Waals surface area contributed by atoms with Crippen molar-refractivity contribution in [2.75, 3.05) is 26.2 Å². The Morgan fingerprint density at radius 2 is 1.96 bits per heavy atom. The van der Waals surface area contributed by atoms with E-state index in [1.807, 2.05) is 12.1 Å². The van der Waals surface area contributed by atoms with Gasteiger partial charge >= 0.3 is 0 Å². The molecule has 1 N–H and O–H groups in total. The Morgan fingerprint density at radius 1 is 1.13 bits per heavy atom. The summed E-state index contributed by atoms with van der Waals surface area (Å²) in [4.78, 5) is 6.25. The largest absolute Gasteiger partial charge is 0.396 e. The third-order valence-corrected chi connectivity index (χ3v) is 5.27. The number of benzene rings is 1. The normalized spacial score (nSPS) is 20.0. The van der Waals surface area contributed by atoms with Crippen molar-refractivity contribution in [3.05, 3.63) is 58.0 Å². The standard InChI is InChI=1S/C18H23FN2OS/c19-16-5-3-15(4-6-16)12-20-8-9-21(17(13-20)7-10-22)14-18-2-1-11-23-18/h1-6,11,17,22H,7-10,12-14H2. The lowest BCUT2D eigenvalue weighted by molar-refractivity contribution is 0.0506. The fourth-order valence-electron chi connectivity index (χ4n) is 3.18. The van der Waals surface area contributed by atoms with E-state index in [9.17, 15) is 9.50 Å². The molecule has 3 nitrogen and oxygen atoms in total. The molecule has 5 heteroatoms. The SMILES string of the molecule is OCCC1CN(Cc2ccc(F)cc2)CCN1Cc1cccs1. The van der Waals surface area contributed by atoms with Gasteiger partial charge in [0.15, 0.2) is 0 Å². The zero-order valence-electron chi connectivity index (χ0n) is 13.2. The molecular weight excluding hydrogens is 311 g/mol. The number of hydrogen-bond donors (Lipinski definition) is 1. The summed E-state index contributed by atoms with van der Waals surface area (Å²) in [5.74, 6) is -0.187. The summed E-state index contributed by atoms with van der Waals surface area (Å²) < 4.78 is 13.0. The average molecular weight is 334 g/mol. The second-order valence-corrected chi connectivity index (χ2v) is 7.11. The van der Waals surface area contributed by atoms with E-state index >= 15 is 0 Å².